The molecule has 0 radical (unpaired) electrons. The van der Waals surface area contributed by atoms with E-state index in [4.69, 9.17) is 4.74 Å². The normalized spacial score (nSPS) is 18.3. The van der Waals surface area contributed by atoms with Crippen molar-refractivity contribution in [1.29, 1.82) is 0 Å². The number of hydrogen-bond donors (Lipinski definition) is 0. The van der Waals surface area contributed by atoms with Crippen molar-refractivity contribution in [3.05, 3.63) is 42.7 Å². The third kappa shape index (κ3) is 4.86. The fourth-order valence-corrected chi connectivity index (χ4v) is 2.95. The summed E-state index contributed by atoms with van der Waals surface area (Å²) in [6.07, 6.45) is 9.13. The van der Waals surface area contributed by atoms with Gasteiger partial charge in [-0.1, -0.05) is 0 Å². The van der Waals surface area contributed by atoms with Crippen LogP contribution in [-0.4, -0.2) is 56.9 Å². The minimum atomic E-state index is 0.195. The molecule has 24 heavy (non-hydrogen) atoms. The summed E-state index contributed by atoms with van der Waals surface area (Å²) in [5.41, 5.74) is 0.992. The summed E-state index contributed by atoms with van der Waals surface area (Å²) >= 11 is 0. The molecule has 2 aromatic heterocycles. The van der Waals surface area contributed by atoms with Crippen molar-refractivity contribution in [3.63, 3.8) is 0 Å². The summed E-state index contributed by atoms with van der Waals surface area (Å²) in [4.78, 5) is 22.6. The number of ether oxygens (including phenoxy) is 1. The van der Waals surface area contributed by atoms with Gasteiger partial charge in [0.25, 0.3) is 0 Å². The first-order valence-corrected chi connectivity index (χ1v) is 8.39. The van der Waals surface area contributed by atoms with Crippen LogP contribution < -0.4 is 0 Å². The lowest BCUT2D eigenvalue weighted by Gasteiger charge is -2.23. The van der Waals surface area contributed by atoms with Crippen molar-refractivity contribution in [1.82, 2.24) is 24.6 Å². The molecular formula is C17H23N5O2. The molecule has 2 aromatic rings. The standard InChI is InChI=1S/C17H23N5O2/c23-17(3-1-7-22-8-2-5-20-22)21-9-10-24-13-15(12-21)11-16-4-6-18-14-19-16/h2,4-6,8,14-15H,1,3,7,9-13H2. The van der Waals surface area contributed by atoms with Crippen molar-refractivity contribution in [2.24, 2.45) is 5.92 Å². The van der Waals surface area contributed by atoms with Crippen molar-refractivity contribution in [2.45, 2.75) is 25.8 Å². The van der Waals surface area contributed by atoms with Crippen LogP contribution in [0.3, 0.4) is 0 Å². The third-order valence-electron chi connectivity index (χ3n) is 4.17. The number of amides is 1. The second-order valence-corrected chi connectivity index (χ2v) is 6.06. The summed E-state index contributed by atoms with van der Waals surface area (Å²) in [5.74, 6) is 0.470. The molecule has 1 unspecified atom stereocenters. The van der Waals surface area contributed by atoms with Crippen molar-refractivity contribution >= 4 is 5.91 Å². The SMILES string of the molecule is O=C(CCCn1cccn1)N1CCOCC(Cc2ccncn2)C1. The number of carbonyl (C=O) groups is 1. The molecule has 3 heterocycles. The van der Waals surface area contributed by atoms with Crippen molar-refractivity contribution in [3.8, 4) is 0 Å². The summed E-state index contributed by atoms with van der Waals surface area (Å²) in [5, 5.41) is 4.16. The van der Waals surface area contributed by atoms with Gasteiger partial charge in [0.2, 0.25) is 5.91 Å². The van der Waals surface area contributed by atoms with Gasteiger partial charge in [-0.15, -0.1) is 0 Å². The van der Waals surface area contributed by atoms with Crippen LogP contribution in [0.25, 0.3) is 0 Å². The van der Waals surface area contributed by atoms with E-state index in [9.17, 15) is 4.79 Å². The van der Waals surface area contributed by atoms with Crippen molar-refractivity contribution < 1.29 is 9.53 Å². The van der Waals surface area contributed by atoms with E-state index < -0.39 is 0 Å². The number of carbonyl (C=O) groups excluding carboxylic acids is 1. The molecule has 1 fully saturated rings. The Labute approximate surface area is 141 Å². The Bertz CT molecular complexity index is 617. The quantitative estimate of drug-likeness (QED) is 0.795. The van der Waals surface area contributed by atoms with Gasteiger partial charge in [-0.25, -0.2) is 9.97 Å². The van der Waals surface area contributed by atoms with Gasteiger partial charge in [-0.2, -0.15) is 5.10 Å². The predicted octanol–water partition coefficient (Wildman–Crippen LogP) is 1.17. The molecule has 128 valence electrons. The number of nitrogens with zero attached hydrogens (tertiary/aromatic N) is 5. The van der Waals surface area contributed by atoms with Crippen LogP contribution in [0.2, 0.25) is 0 Å². The molecule has 1 aliphatic heterocycles. The first-order chi connectivity index (χ1) is 11.8. The third-order valence-corrected chi connectivity index (χ3v) is 4.17. The Morgan fingerprint density at radius 2 is 2.33 bits per heavy atom. The van der Waals surface area contributed by atoms with Crippen LogP contribution in [0.1, 0.15) is 18.5 Å². The molecule has 3 rings (SSSR count). The van der Waals surface area contributed by atoms with Crippen LogP contribution in [-0.2, 0) is 22.5 Å². The lowest BCUT2D eigenvalue weighted by atomic mass is 10.0. The predicted molar refractivity (Wildman–Crippen MR) is 88.1 cm³/mol. The van der Waals surface area contributed by atoms with Gasteiger partial charge in [0.15, 0.2) is 0 Å². The maximum atomic E-state index is 12.5. The van der Waals surface area contributed by atoms with Gasteiger partial charge in [-0.05, 0) is 25.0 Å². The summed E-state index contributed by atoms with van der Waals surface area (Å²) < 4.78 is 7.53. The number of aromatic nitrogens is 4. The zero-order valence-corrected chi connectivity index (χ0v) is 13.8. The van der Waals surface area contributed by atoms with E-state index in [1.165, 1.54) is 0 Å². The summed E-state index contributed by atoms with van der Waals surface area (Å²) in [6, 6.07) is 3.81. The molecule has 7 heteroatoms. The Kier molecular flexibility index (Phi) is 5.90. The van der Waals surface area contributed by atoms with Crippen LogP contribution in [0.4, 0.5) is 0 Å². The second-order valence-electron chi connectivity index (χ2n) is 6.06. The van der Waals surface area contributed by atoms with E-state index >= 15 is 0 Å². The molecule has 1 amide bonds. The first kappa shape index (κ1) is 16.6. The molecule has 0 N–H and O–H groups in total. The second kappa shape index (κ2) is 8.54. The zero-order valence-electron chi connectivity index (χ0n) is 13.8. The minimum absolute atomic E-state index is 0.195. The smallest absolute Gasteiger partial charge is 0.222 e. The molecule has 1 atom stereocenters. The highest BCUT2D eigenvalue weighted by molar-refractivity contribution is 5.76. The fraction of sp³-hybridized carbons (Fsp3) is 0.529. The summed E-state index contributed by atoms with van der Waals surface area (Å²) in [7, 11) is 0. The highest BCUT2D eigenvalue weighted by atomic mass is 16.5. The van der Waals surface area contributed by atoms with E-state index in [-0.39, 0.29) is 11.8 Å². The van der Waals surface area contributed by atoms with E-state index in [2.05, 4.69) is 15.1 Å². The molecule has 7 nitrogen and oxygen atoms in total. The molecular weight excluding hydrogens is 306 g/mol. The van der Waals surface area contributed by atoms with Gasteiger partial charge in [-0.3, -0.25) is 9.48 Å². The lowest BCUT2D eigenvalue weighted by molar-refractivity contribution is -0.131. The van der Waals surface area contributed by atoms with Crippen LogP contribution in [0.15, 0.2) is 37.1 Å². The van der Waals surface area contributed by atoms with E-state index in [0.717, 1.165) is 31.6 Å². The molecule has 1 saturated heterocycles. The molecule has 1 aliphatic rings. The molecule has 0 bridgehead atoms. The van der Waals surface area contributed by atoms with Gasteiger partial charge in [0, 0.05) is 56.3 Å². The van der Waals surface area contributed by atoms with Gasteiger partial charge in [0.1, 0.15) is 6.33 Å². The largest absolute Gasteiger partial charge is 0.379 e. The number of rotatable bonds is 6. The van der Waals surface area contributed by atoms with Gasteiger partial charge < -0.3 is 9.64 Å². The Morgan fingerprint density at radius 1 is 1.38 bits per heavy atom. The average Bonchev–Trinajstić information content (AvgIpc) is 3.01. The molecule has 0 spiro atoms. The van der Waals surface area contributed by atoms with Gasteiger partial charge in [0.05, 0.1) is 13.2 Å². The Hall–Kier alpha value is -2.28. The number of hydrogen-bond acceptors (Lipinski definition) is 5. The molecule has 0 aromatic carbocycles. The minimum Gasteiger partial charge on any atom is -0.379 e. The molecule has 0 aliphatic carbocycles. The maximum Gasteiger partial charge on any atom is 0.222 e. The number of aryl methyl sites for hydroxylation is 1. The maximum absolute atomic E-state index is 12.5. The van der Waals surface area contributed by atoms with Crippen LogP contribution in [0.5, 0.6) is 0 Å². The highest BCUT2D eigenvalue weighted by Gasteiger charge is 2.22. The zero-order chi connectivity index (χ0) is 16.6. The fourth-order valence-electron chi connectivity index (χ4n) is 2.95. The van der Waals surface area contributed by atoms with Crippen LogP contribution in [0, 0.1) is 5.92 Å². The monoisotopic (exact) mass is 329 g/mol. The average molecular weight is 329 g/mol. The summed E-state index contributed by atoms with van der Waals surface area (Å²) in [6.45, 7) is 3.44. The van der Waals surface area contributed by atoms with E-state index in [0.29, 0.717) is 26.2 Å². The Balaban J connectivity index is 1.49. The highest BCUT2D eigenvalue weighted by Crippen LogP contribution is 2.13. The Morgan fingerprint density at radius 3 is 3.12 bits per heavy atom. The van der Waals surface area contributed by atoms with E-state index in [1.54, 1.807) is 18.7 Å². The topological polar surface area (TPSA) is 73.1 Å². The van der Waals surface area contributed by atoms with E-state index in [1.807, 2.05) is 27.9 Å². The van der Waals surface area contributed by atoms with Crippen molar-refractivity contribution in [2.75, 3.05) is 26.3 Å². The first-order valence-electron chi connectivity index (χ1n) is 8.39. The van der Waals surface area contributed by atoms with Gasteiger partial charge >= 0.3 is 0 Å². The lowest BCUT2D eigenvalue weighted by Crippen LogP contribution is -2.36. The molecule has 0 saturated carbocycles. The van der Waals surface area contributed by atoms with Crippen LogP contribution >= 0.6 is 0 Å².